The number of carbonyl (C=O) groups excluding carboxylic acids is 1. The molecule has 23 heavy (non-hydrogen) atoms. The van der Waals surface area contributed by atoms with Gasteiger partial charge in [0.05, 0.1) is 11.9 Å². The Kier molecular flexibility index (Phi) is 3.48. The second-order valence-corrected chi connectivity index (χ2v) is 6.37. The maximum absolute atomic E-state index is 12.0. The normalized spacial score (nSPS) is 17.9. The summed E-state index contributed by atoms with van der Waals surface area (Å²) in [5, 5.41) is 15.2. The first-order valence-corrected chi connectivity index (χ1v) is 7.99. The molecule has 1 aliphatic heterocycles. The van der Waals surface area contributed by atoms with Crippen LogP contribution in [0.4, 0.5) is 5.82 Å². The molecule has 0 unspecified atom stereocenters. The predicted molar refractivity (Wildman–Crippen MR) is 83.3 cm³/mol. The smallest absolute Gasteiger partial charge is 0.256 e. The molecule has 1 saturated heterocycles. The number of anilines is 1. The van der Waals surface area contributed by atoms with Crippen LogP contribution in [0.3, 0.4) is 0 Å². The highest BCUT2D eigenvalue weighted by Crippen LogP contribution is 2.38. The second-order valence-electron chi connectivity index (χ2n) is 6.37. The van der Waals surface area contributed by atoms with Crippen molar-refractivity contribution in [3.8, 4) is 0 Å². The van der Waals surface area contributed by atoms with Crippen LogP contribution in [-0.4, -0.2) is 40.9 Å². The topological polar surface area (TPSA) is 84.2 Å². The molecule has 2 aromatic heterocycles. The van der Waals surface area contributed by atoms with Gasteiger partial charge in [-0.05, 0) is 31.9 Å². The number of amides is 1. The Morgan fingerprint density at radius 3 is 2.78 bits per heavy atom. The Bertz CT molecular complexity index is 702. The van der Waals surface area contributed by atoms with Crippen LogP contribution < -0.4 is 10.2 Å². The number of hydrogen-bond donors (Lipinski definition) is 1. The Labute approximate surface area is 134 Å². The van der Waals surface area contributed by atoms with Gasteiger partial charge in [-0.3, -0.25) is 4.79 Å². The molecule has 7 heteroatoms. The minimum atomic E-state index is -0.129. The molecular weight excluding hydrogens is 294 g/mol. The number of aryl methyl sites for hydroxylation is 1. The van der Waals surface area contributed by atoms with Crippen molar-refractivity contribution in [2.24, 2.45) is 5.92 Å². The molecule has 2 fully saturated rings. The molecule has 0 spiro atoms. The van der Waals surface area contributed by atoms with Crippen LogP contribution in [0, 0.1) is 12.8 Å². The fraction of sp³-hybridized carbons (Fsp3) is 0.500. The molecule has 120 valence electrons. The average Bonchev–Trinajstić information content (AvgIpc) is 3.28. The van der Waals surface area contributed by atoms with Gasteiger partial charge in [-0.2, -0.15) is 5.10 Å². The van der Waals surface area contributed by atoms with Crippen molar-refractivity contribution in [3.05, 3.63) is 35.3 Å². The van der Waals surface area contributed by atoms with Crippen LogP contribution in [-0.2, 0) is 0 Å². The van der Waals surface area contributed by atoms with E-state index in [-0.39, 0.29) is 5.91 Å². The van der Waals surface area contributed by atoms with Crippen molar-refractivity contribution in [2.45, 2.75) is 25.7 Å². The standard InChI is InChI=1S/C16H19N5O2/c1-10-13(7-18-23-10)16(22)17-6-11-8-21(9-11)15-5-4-14(19-20-15)12-2-3-12/h4-5,7,11-12H,2-3,6,8-9H2,1H3,(H,17,22). The fourth-order valence-electron chi connectivity index (χ4n) is 2.84. The molecular formula is C16H19N5O2. The number of nitrogens with zero attached hydrogens (tertiary/aromatic N) is 4. The molecule has 7 nitrogen and oxygen atoms in total. The highest BCUT2D eigenvalue weighted by molar-refractivity contribution is 5.94. The highest BCUT2D eigenvalue weighted by Gasteiger charge is 2.30. The lowest BCUT2D eigenvalue weighted by atomic mass is 10.00. The third-order valence-corrected chi connectivity index (χ3v) is 4.49. The van der Waals surface area contributed by atoms with Gasteiger partial charge in [-0.25, -0.2) is 0 Å². The van der Waals surface area contributed by atoms with E-state index in [2.05, 4.69) is 37.7 Å². The monoisotopic (exact) mass is 313 g/mol. The summed E-state index contributed by atoms with van der Waals surface area (Å²) in [5.41, 5.74) is 1.62. The molecule has 0 aromatic carbocycles. The van der Waals surface area contributed by atoms with Gasteiger partial charge in [0.25, 0.3) is 5.91 Å². The van der Waals surface area contributed by atoms with Crippen LogP contribution in [0.25, 0.3) is 0 Å². The van der Waals surface area contributed by atoms with Crippen molar-refractivity contribution in [2.75, 3.05) is 24.5 Å². The van der Waals surface area contributed by atoms with Gasteiger partial charge in [0.2, 0.25) is 0 Å². The Morgan fingerprint density at radius 1 is 1.35 bits per heavy atom. The summed E-state index contributed by atoms with van der Waals surface area (Å²) in [5.74, 6) is 2.41. The van der Waals surface area contributed by atoms with Gasteiger partial charge < -0.3 is 14.7 Å². The zero-order valence-electron chi connectivity index (χ0n) is 13.0. The largest absolute Gasteiger partial charge is 0.361 e. The molecule has 2 aliphatic rings. The molecule has 1 N–H and O–H groups in total. The van der Waals surface area contributed by atoms with E-state index in [1.807, 2.05) is 0 Å². The summed E-state index contributed by atoms with van der Waals surface area (Å²) in [4.78, 5) is 14.2. The molecule has 4 rings (SSSR count). The second kappa shape index (κ2) is 5.64. The lowest BCUT2D eigenvalue weighted by Crippen LogP contribution is -2.52. The third-order valence-electron chi connectivity index (χ3n) is 4.49. The third kappa shape index (κ3) is 2.91. The van der Waals surface area contributed by atoms with E-state index in [1.165, 1.54) is 19.0 Å². The Balaban J connectivity index is 1.25. The van der Waals surface area contributed by atoms with E-state index in [0.717, 1.165) is 24.6 Å². The van der Waals surface area contributed by atoms with Gasteiger partial charge in [0, 0.05) is 31.5 Å². The van der Waals surface area contributed by atoms with Gasteiger partial charge in [-0.15, -0.1) is 5.10 Å². The highest BCUT2D eigenvalue weighted by atomic mass is 16.5. The summed E-state index contributed by atoms with van der Waals surface area (Å²) in [6, 6.07) is 4.14. The quantitative estimate of drug-likeness (QED) is 0.901. The summed E-state index contributed by atoms with van der Waals surface area (Å²) in [7, 11) is 0. The lowest BCUT2D eigenvalue weighted by Gasteiger charge is -2.39. The van der Waals surface area contributed by atoms with E-state index in [0.29, 0.717) is 29.7 Å². The van der Waals surface area contributed by atoms with E-state index < -0.39 is 0 Å². The first-order valence-electron chi connectivity index (χ1n) is 7.99. The molecule has 1 amide bonds. The maximum atomic E-state index is 12.0. The molecule has 0 atom stereocenters. The van der Waals surface area contributed by atoms with Crippen molar-refractivity contribution in [1.82, 2.24) is 20.7 Å². The molecule has 2 aromatic rings. The van der Waals surface area contributed by atoms with E-state index in [4.69, 9.17) is 4.52 Å². The minimum Gasteiger partial charge on any atom is -0.361 e. The summed E-state index contributed by atoms with van der Waals surface area (Å²) in [6.07, 6.45) is 3.94. The molecule has 0 bridgehead atoms. The number of carbonyl (C=O) groups is 1. The Morgan fingerprint density at radius 2 is 2.17 bits per heavy atom. The van der Waals surface area contributed by atoms with E-state index in [9.17, 15) is 4.79 Å². The van der Waals surface area contributed by atoms with Crippen LogP contribution in [0.15, 0.2) is 22.9 Å². The SMILES string of the molecule is Cc1oncc1C(=O)NCC1CN(c2ccc(C3CC3)nn2)C1. The van der Waals surface area contributed by atoms with E-state index >= 15 is 0 Å². The minimum absolute atomic E-state index is 0.129. The van der Waals surface area contributed by atoms with E-state index in [1.54, 1.807) is 6.92 Å². The number of rotatable bonds is 5. The zero-order chi connectivity index (χ0) is 15.8. The van der Waals surface area contributed by atoms with Crippen LogP contribution in [0.5, 0.6) is 0 Å². The summed E-state index contributed by atoms with van der Waals surface area (Å²) >= 11 is 0. The van der Waals surface area contributed by atoms with Crippen LogP contribution in [0.2, 0.25) is 0 Å². The zero-order valence-corrected chi connectivity index (χ0v) is 13.0. The van der Waals surface area contributed by atoms with Crippen LogP contribution in [0.1, 0.15) is 40.6 Å². The van der Waals surface area contributed by atoms with Crippen LogP contribution >= 0.6 is 0 Å². The maximum Gasteiger partial charge on any atom is 0.256 e. The number of hydrogen-bond acceptors (Lipinski definition) is 6. The van der Waals surface area contributed by atoms with Gasteiger partial charge in [0.1, 0.15) is 11.3 Å². The van der Waals surface area contributed by atoms with Gasteiger partial charge in [-0.1, -0.05) is 5.16 Å². The lowest BCUT2D eigenvalue weighted by molar-refractivity contribution is 0.0943. The van der Waals surface area contributed by atoms with Crippen molar-refractivity contribution < 1.29 is 9.32 Å². The molecule has 1 saturated carbocycles. The summed E-state index contributed by atoms with van der Waals surface area (Å²) < 4.78 is 4.90. The molecule has 0 radical (unpaired) electrons. The first-order chi connectivity index (χ1) is 11.2. The average molecular weight is 313 g/mol. The number of nitrogens with one attached hydrogen (secondary N) is 1. The van der Waals surface area contributed by atoms with Gasteiger partial charge >= 0.3 is 0 Å². The van der Waals surface area contributed by atoms with Crippen molar-refractivity contribution in [3.63, 3.8) is 0 Å². The predicted octanol–water partition coefficient (Wildman–Crippen LogP) is 1.52. The first kappa shape index (κ1) is 14.2. The number of aromatic nitrogens is 3. The van der Waals surface area contributed by atoms with Crippen molar-refractivity contribution >= 4 is 11.7 Å². The van der Waals surface area contributed by atoms with Crippen molar-refractivity contribution in [1.29, 1.82) is 0 Å². The molecule has 3 heterocycles. The Hall–Kier alpha value is -2.44. The fourth-order valence-corrected chi connectivity index (χ4v) is 2.84. The summed E-state index contributed by atoms with van der Waals surface area (Å²) in [6.45, 7) is 4.16. The molecule has 1 aliphatic carbocycles. The van der Waals surface area contributed by atoms with Gasteiger partial charge in [0.15, 0.2) is 5.82 Å².